The van der Waals surface area contributed by atoms with Gasteiger partial charge in [0.15, 0.2) is 11.5 Å². The van der Waals surface area contributed by atoms with E-state index in [1.165, 1.54) is 18.2 Å². The van der Waals surface area contributed by atoms with Crippen LogP contribution in [0.25, 0.3) is 6.08 Å². The van der Waals surface area contributed by atoms with Crippen molar-refractivity contribution in [2.75, 3.05) is 18.5 Å². The van der Waals surface area contributed by atoms with Gasteiger partial charge in [0, 0.05) is 11.8 Å². The highest BCUT2D eigenvalue weighted by molar-refractivity contribution is 6.01. The van der Waals surface area contributed by atoms with Gasteiger partial charge < -0.3 is 14.8 Å². The maximum Gasteiger partial charge on any atom is 0.416 e. The summed E-state index contributed by atoms with van der Waals surface area (Å²) in [6, 6.07) is 9.52. The number of alkyl halides is 3. The predicted octanol–water partition coefficient (Wildman–Crippen LogP) is 4.13. The van der Waals surface area contributed by atoms with Gasteiger partial charge in [0.25, 0.3) is 0 Å². The van der Waals surface area contributed by atoms with Crippen LogP contribution in [0.4, 0.5) is 18.9 Å². The average Bonchev–Trinajstić information content (AvgIpc) is 2.59. The number of carbonyl (C=O) groups excluding carboxylic acids is 1. The van der Waals surface area contributed by atoms with Crippen molar-refractivity contribution in [3.63, 3.8) is 0 Å². The van der Waals surface area contributed by atoms with E-state index < -0.39 is 17.6 Å². The molecule has 0 spiro atoms. The van der Waals surface area contributed by atoms with Crippen LogP contribution < -0.4 is 14.8 Å². The van der Waals surface area contributed by atoms with Crippen LogP contribution in [-0.4, -0.2) is 19.1 Å². The van der Waals surface area contributed by atoms with Gasteiger partial charge in [0.1, 0.15) is 13.2 Å². The van der Waals surface area contributed by atoms with Gasteiger partial charge in [-0.25, -0.2) is 0 Å². The number of amides is 1. The Morgan fingerprint density at radius 1 is 1.00 bits per heavy atom. The van der Waals surface area contributed by atoms with Crippen LogP contribution in [-0.2, 0) is 11.0 Å². The van der Waals surface area contributed by atoms with Gasteiger partial charge in [-0.1, -0.05) is 6.07 Å². The summed E-state index contributed by atoms with van der Waals surface area (Å²) in [6.07, 6.45) is -1.53. The normalized spacial score (nSPS) is 13.7. The third-order valence-electron chi connectivity index (χ3n) is 3.47. The Morgan fingerprint density at radius 2 is 1.68 bits per heavy atom. The van der Waals surface area contributed by atoms with Crippen LogP contribution in [0.5, 0.6) is 11.5 Å². The summed E-state index contributed by atoms with van der Waals surface area (Å²) in [6.45, 7) is 0.965. The highest BCUT2D eigenvalue weighted by Gasteiger charge is 2.29. The second kappa shape index (κ2) is 6.88. The van der Waals surface area contributed by atoms with Crippen molar-refractivity contribution >= 4 is 17.7 Å². The number of ether oxygens (including phenoxy) is 2. The van der Waals surface area contributed by atoms with Gasteiger partial charge in [-0.05, 0) is 48.0 Å². The summed E-state index contributed by atoms with van der Waals surface area (Å²) in [7, 11) is 0. The van der Waals surface area contributed by atoms with Gasteiger partial charge in [-0.3, -0.25) is 4.79 Å². The number of fused-ring (bicyclic) bond motifs is 1. The zero-order chi connectivity index (χ0) is 17.9. The van der Waals surface area contributed by atoms with E-state index in [4.69, 9.17) is 9.47 Å². The summed E-state index contributed by atoms with van der Waals surface area (Å²) in [5.41, 5.74) is 0.258. The molecule has 1 aliphatic rings. The standard InChI is InChI=1S/C18H14F3NO3/c19-18(20,21)13-3-5-14(6-4-13)22-17(23)8-2-12-1-7-15-16(11-12)25-10-9-24-15/h1-8,11H,9-10H2,(H,22,23)/b8-2+. The molecule has 1 heterocycles. The molecular weight excluding hydrogens is 335 g/mol. The molecular formula is C18H14F3NO3. The molecule has 0 bridgehead atoms. The molecule has 0 fully saturated rings. The zero-order valence-corrected chi connectivity index (χ0v) is 13.0. The third kappa shape index (κ3) is 4.32. The molecule has 0 saturated heterocycles. The van der Waals surface area contributed by atoms with E-state index in [0.717, 1.165) is 17.7 Å². The van der Waals surface area contributed by atoms with Gasteiger partial charge >= 0.3 is 6.18 Å². The summed E-state index contributed by atoms with van der Waals surface area (Å²) in [5.74, 6) is 0.809. The second-order valence-electron chi connectivity index (χ2n) is 5.30. The van der Waals surface area contributed by atoms with E-state index >= 15 is 0 Å². The number of hydrogen-bond donors (Lipinski definition) is 1. The minimum atomic E-state index is -4.40. The van der Waals surface area contributed by atoms with Crippen LogP contribution in [0.1, 0.15) is 11.1 Å². The van der Waals surface area contributed by atoms with E-state index in [-0.39, 0.29) is 5.69 Å². The number of halogens is 3. The van der Waals surface area contributed by atoms with Gasteiger partial charge in [0.05, 0.1) is 5.56 Å². The molecule has 0 aromatic heterocycles. The highest BCUT2D eigenvalue weighted by atomic mass is 19.4. The van der Waals surface area contributed by atoms with E-state index in [1.54, 1.807) is 24.3 Å². The Kier molecular flexibility index (Phi) is 4.65. The van der Waals surface area contributed by atoms with Crippen LogP contribution in [0.15, 0.2) is 48.5 Å². The number of rotatable bonds is 3. The van der Waals surface area contributed by atoms with Crippen molar-refractivity contribution in [3.8, 4) is 11.5 Å². The number of benzene rings is 2. The molecule has 3 rings (SSSR count). The molecule has 2 aromatic rings. The summed E-state index contributed by atoms with van der Waals surface area (Å²) in [4.78, 5) is 11.9. The van der Waals surface area contributed by atoms with E-state index in [0.29, 0.717) is 24.7 Å². The minimum absolute atomic E-state index is 0.282. The van der Waals surface area contributed by atoms with Crippen LogP contribution in [0.2, 0.25) is 0 Å². The third-order valence-corrected chi connectivity index (χ3v) is 3.47. The maximum absolute atomic E-state index is 12.5. The minimum Gasteiger partial charge on any atom is -0.486 e. The van der Waals surface area contributed by atoms with Crippen molar-refractivity contribution in [1.29, 1.82) is 0 Å². The second-order valence-corrected chi connectivity index (χ2v) is 5.30. The summed E-state index contributed by atoms with van der Waals surface area (Å²) in [5, 5.41) is 2.50. The molecule has 25 heavy (non-hydrogen) atoms. The first-order valence-corrected chi connectivity index (χ1v) is 7.48. The SMILES string of the molecule is O=C(/C=C/c1ccc2c(c1)OCCO2)Nc1ccc(C(F)(F)F)cc1. The van der Waals surface area contributed by atoms with Crippen LogP contribution >= 0.6 is 0 Å². The summed E-state index contributed by atoms with van der Waals surface area (Å²) >= 11 is 0. The zero-order valence-electron chi connectivity index (χ0n) is 13.0. The van der Waals surface area contributed by atoms with Gasteiger partial charge in [-0.2, -0.15) is 13.2 Å². The molecule has 0 saturated carbocycles. The van der Waals surface area contributed by atoms with Gasteiger partial charge in [-0.15, -0.1) is 0 Å². The van der Waals surface area contributed by atoms with Crippen molar-refractivity contribution in [1.82, 2.24) is 0 Å². The molecule has 0 unspecified atom stereocenters. The fourth-order valence-electron chi connectivity index (χ4n) is 2.26. The molecule has 1 aliphatic heterocycles. The lowest BCUT2D eigenvalue weighted by atomic mass is 10.1. The molecule has 2 aromatic carbocycles. The molecule has 1 amide bonds. The fourth-order valence-corrected chi connectivity index (χ4v) is 2.26. The first-order chi connectivity index (χ1) is 11.9. The molecule has 7 heteroatoms. The van der Waals surface area contributed by atoms with E-state index in [1.807, 2.05) is 0 Å². The van der Waals surface area contributed by atoms with Gasteiger partial charge in [0.2, 0.25) is 5.91 Å². The quantitative estimate of drug-likeness (QED) is 0.848. The molecule has 0 atom stereocenters. The average molecular weight is 349 g/mol. The van der Waals surface area contributed by atoms with Crippen LogP contribution in [0.3, 0.4) is 0 Å². The van der Waals surface area contributed by atoms with Crippen molar-refractivity contribution < 1.29 is 27.4 Å². The smallest absolute Gasteiger partial charge is 0.416 e. The van der Waals surface area contributed by atoms with Crippen molar-refractivity contribution in [2.45, 2.75) is 6.18 Å². The fraction of sp³-hybridized carbons (Fsp3) is 0.167. The highest BCUT2D eigenvalue weighted by Crippen LogP contribution is 2.31. The molecule has 1 N–H and O–H groups in total. The largest absolute Gasteiger partial charge is 0.486 e. The first kappa shape index (κ1) is 16.9. The lowest BCUT2D eigenvalue weighted by Crippen LogP contribution is -2.15. The van der Waals surface area contributed by atoms with Crippen LogP contribution in [0, 0.1) is 0 Å². The Labute approximate surface area is 141 Å². The van der Waals surface area contributed by atoms with Crippen molar-refractivity contribution in [3.05, 3.63) is 59.7 Å². The first-order valence-electron chi connectivity index (χ1n) is 7.48. The number of hydrogen-bond acceptors (Lipinski definition) is 3. The number of carbonyl (C=O) groups is 1. The Bertz CT molecular complexity index is 798. The monoisotopic (exact) mass is 349 g/mol. The number of nitrogens with one attached hydrogen (secondary N) is 1. The Balaban J connectivity index is 1.63. The van der Waals surface area contributed by atoms with E-state index in [2.05, 4.69) is 5.32 Å². The molecule has 4 nitrogen and oxygen atoms in total. The van der Waals surface area contributed by atoms with E-state index in [9.17, 15) is 18.0 Å². The maximum atomic E-state index is 12.5. The molecule has 0 radical (unpaired) electrons. The topological polar surface area (TPSA) is 47.6 Å². The lowest BCUT2D eigenvalue weighted by Gasteiger charge is -2.18. The Hall–Kier alpha value is -2.96. The number of anilines is 1. The Morgan fingerprint density at radius 3 is 2.36 bits per heavy atom. The van der Waals surface area contributed by atoms with Crippen molar-refractivity contribution in [2.24, 2.45) is 0 Å². The molecule has 0 aliphatic carbocycles. The predicted molar refractivity (Wildman–Crippen MR) is 86.5 cm³/mol. The molecule has 130 valence electrons. The summed E-state index contributed by atoms with van der Waals surface area (Å²) < 4.78 is 48.3. The lowest BCUT2D eigenvalue weighted by molar-refractivity contribution is -0.137.